The van der Waals surface area contributed by atoms with Crippen LogP contribution in [0.2, 0.25) is 0 Å². The normalized spacial score (nSPS) is 15.1. The Balaban J connectivity index is 4.74. The van der Waals surface area contributed by atoms with Gasteiger partial charge in [-0.1, -0.05) is 13.0 Å². The molecule has 82 valence electrons. The number of ether oxygens (including phenoxy) is 1. The van der Waals surface area contributed by atoms with Crippen molar-refractivity contribution in [2.75, 3.05) is 7.11 Å². The average Bonchev–Trinajstić information content (AvgIpc) is 2.15. The van der Waals surface area contributed by atoms with E-state index < -0.39 is 17.5 Å². The maximum absolute atomic E-state index is 11.4. The maximum atomic E-state index is 11.4. The van der Waals surface area contributed by atoms with Crippen LogP contribution in [0.1, 0.15) is 34.1 Å². The molecule has 1 atom stereocenters. The smallest absolute Gasteiger partial charge is 0.314 e. The molecule has 0 saturated heterocycles. The molecule has 0 rings (SSSR count). The van der Waals surface area contributed by atoms with Gasteiger partial charge in [0.05, 0.1) is 18.6 Å². The van der Waals surface area contributed by atoms with Crippen molar-refractivity contribution in [2.45, 2.75) is 40.2 Å². The first-order valence-corrected chi connectivity index (χ1v) is 4.81. The van der Waals surface area contributed by atoms with E-state index in [1.54, 1.807) is 13.8 Å². The zero-order valence-corrected chi connectivity index (χ0v) is 9.63. The molecule has 0 aromatic heterocycles. The summed E-state index contributed by atoms with van der Waals surface area (Å²) in [7, 11) is 1.33. The van der Waals surface area contributed by atoms with Gasteiger partial charge < -0.3 is 9.84 Å². The summed E-state index contributed by atoms with van der Waals surface area (Å²) in [5.74, 6) is -0.395. The first-order chi connectivity index (χ1) is 6.37. The third-order valence-electron chi connectivity index (χ3n) is 2.35. The second-order valence-corrected chi connectivity index (χ2v) is 3.97. The molecule has 0 aliphatic heterocycles. The van der Waals surface area contributed by atoms with Gasteiger partial charge in [-0.15, -0.1) is 0 Å². The minimum absolute atomic E-state index is 0.395. The molecule has 1 N–H and O–H groups in total. The molecular weight excluding hydrogens is 180 g/mol. The second kappa shape index (κ2) is 5.15. The van der Waals surface area contributed by atoms with Crippen LogP contribution in [0.15, 0.2) is 11.6 Å². The number of allylic oxidation sites excluding steroid dienone is 1. The molecule has 0 bridgehead atoms. The third-order valence-corrected chi connectivity index (χ3v) is 2.35. The molecule has 0 spiro atoms. The Labute approximate surface area is 85.8 Å². The predicted octanol–water partition coefficient (Wildman–Crippen LogP) is 1.90. The number of carbonyl (C=O) groups excluding carboxylic acids is 1. The number of methoxy groups -OCH3 is 1. The van der Waals surface area contributed by atoms with E-state index in [0.717, 1.165) is 12.0 Å². The lowest BCUT2D eigenvalue weighted by Crippen LogP contribution is -2.38. The van der Waals surface area contributed by atoms with Crippen molar-refractivity contribution in [3.05, 3.63) is 11.6 Å². The Morgan fingerprint density at radius 1 is 1.57 bits per heavy atom. The van der Waals surface area contributed by atoms with Crippen molar-refractivity contribution < 1.29 is 14.6 Å². The van der Waals surface area contributed by atoms with Crippen LogP contribution in [0.5, 0.6) is 0 Å². The van der Waals surface area contributed by atoms with E-state index in [1.165, 1.54) is 7.11 Å². The van der Waals surface area contributed by atoms with E-state index in [-0.39, 0.29) is 0 Å². The molecule has 0 heterocycles. The van der Waals surface area contributed by atoms with E-state index in [0.29, 0.717) is 0 Å². The van der Waals surface area contributed by atoms with E-state index in [2.05, 4.69) is 4.74 Å². The quantitative estimate of drug-likeness (QED) is 0.557. The summed E-state index contributed by atoms with van der Waals surface area (Å²) in [5, 5.41) is 9.91. The monoisotopic (exact) mass is 200 g/mol. The van der Waals surface area contributed by atoms with Gasteiger partial charge in [0, 0.05) is 0 Å². The van der Waals surface area contributed by atoms with Crippen molar-refractivity contribution in [1.82, 2.24) is 0 Å². The number of rotatable bonds is 4. The summed E-state index contributed by atoms with van der Waals surface area (Å²) in [4.78, 5) is 11.4. The molecular formula is C11H20O3. The molecule has 3 nitrogen and oxygen atoms in total. The fourth-order valence-corrected chi connectivity index (χ4v) is 1.38. The van der Waals surface area contributed by atoms with Gasteiger partial charge in [0.25, 0.3) is 0 Å². The van der Waals surface area contributed by atoms with Crippen molar-refractivity contribution >= 4 is 5.97 Å². The molecule has 14 heavy (non-hydrogen) atoms. The molecule has 0 saturated carbocycles. The number of aliphatic hydroxyl groups is 1. The summed E-state index contributed by atoms with van der Waals surface area (Å²) >= 11 is 0. The van der Waals surface area contributed by atoms with Gasteiger partial charge in [0.15, 0.2) is 0 Å². The fourth-order valence-electron chi connectivity index (χ4n) is 1.38. The highest BCUT2D eigenvalue weighted by Crippen LogP contribution is 2.27. The lowest BCUT2D eigenvalue weighted by molar-refractivity contribution is -0.155. The Kier molecular flexibility index (Phi) is 4.85. The van der Waals surface area contributed by atoms with Gasteiger partial charge in [-0.05, 0) is 32.8 Å². The molecule has 0 fully saturated rings. The van der Waals surface area contributed by atoms with Crippen LogP contribution in [0, 0.1) is 5.41 Å². The first kappa shape index (κ1) is 13.2. The SMILES string of the molecule is CC/C=C(\C)[C@@H](O)C(C)(C)C(=O)OC. The Morgan fingerprint density at radius 2 is 2.07 bits per heavy atom. The van der Waals surface area contributed by atoms with E-state index in [9.17, 15) is 9.90 Å². The summed E-state index contributed by atoms with van der Waals surface area (Å²) in [6.45, 7) is 7.16. The fraction of sp³-hybridized carbons (Fsp3) is 0.727. The van der Waals surface area contributed by atoms with Gasteiger partial charge in [-0.3, -0.25) is 4.79 Å². The van der Waals surface area contributed by atoms with Crippen LogP contribution >= 0.6 is 0 Å². The van der Waals surface area contributed by atoms with Crippen LogP contribution < -0.4 is 0 Å². The van der Waals surface area contributed by atoms with Crippen molar-refractivity contribution in [3.63, 3.8) is 0 Å². The zero-order chi connectivity index (χ0) is 11.4. The molecule has 0 aromatic carbocycles. The first-order valence-electron chi connectivity index (χ1n) is 4.81. The number of hydrogen-bond donors (Lipinski definition) is 1. The van der Waals surface area contributed by atoms with Gasteiger partial charge in [-0.2, -0.15) is 0 Å². The Bertz CT molecular complexity index is 229. The minimum atomic E-state index is -0.884. The van der Waals surface area contributed by atoms with Crippen LogP contribution in [-0.2, 0) is 9.53 Å². The van der Waals surface area contributed by atoms with Gasteiger partial charge in [-0.25, -0.2) is 0 Å². The standard InChI is InChI=1S/C11H20O3/c1-6-7-8(2)9(12)11(3,4)10(13)14-5/h7,9,12H,6H2,1-5H3/b8-7+/t9-/m1/s1. The lowest BCUT2D eigenvalue weighted by atomic mass is 9.82. The molecule has 0 aromatic rings. The zero-order valence-electron chi connectivity index (χ0n) is 9.63. The lowest BCUT2D eigenvalue weighted by Gasteiger charge is -2.28. The average molecular weight is 200 g/mol. The molecule has 0 amide bonds. The summed E-state index contributed by atoms with van der Waals surface area (Å²) in [5.41, 5.74) is -0.0762. The third kappa shape index (κ3) is 2.84. The van der Waals surface area contributed by atoms with Crippen molar-refractivity contribution in [3.8, 4) is 0 Å². The van der Waals surface area contributed by atoms with Crippen LogP contribution in [0.4, 0.5) is 0 Å². The highest BCUT2D eigenvalue weighted by atomic mass is 16.5. The van der Waals surface area contributed by atoms with Crippen molar-refractivity contribution in [2.24, 2.45) is 5.41 Å². The molecule has 0 unspecified atom stereocenters. The highest BCUT2D eigenvalue weighted by Gasteiger charge is 2.37. The maximum Gasteiger partial charge on any atom is 0.314 e. The topological polar surface area (TPSA) is 46.5 Å². The molecule has 0 aliphatic rings. The number of esters is 1. The summed E-state index contributed by atoms with van der Waals surface area (Å²) in [6, 6.07) is 0. The van der Waals surface area contributed by atoms with Crippen LogP contribution in [0.3, 0.4) is 0 Å². The number of carbonyl (C=O) groups is 1. The summed E-state index contributed by atoms with van der Waals surface area (Å²) < 4.78 is 4.64. The number of aliphatic hydroxyl groups excluding tert-OH is 1. The largest absolute Gasteiger partial charge is 0.469 e. The minimum Gasteiger partial charge on any atom is -0.469 e. The van der Waals surface area contributed by atoms with E-state index >= 15 is 0 Å². The van der Waals surface area contributed by atoms with Gasteiger partial charge >= 0.3 is 5.97 Å². The number of hydrogen-bond acceptors (Lipinski definition) is 3. The van der Waals surface area contributed by atoms with Crippen LogP contribution in [-0.4, -0.2) is 24.3 Å². The Morgan fingerprint density at radius 3 is 2.43 bits per heavy atom. The predicted molar refractivity (Wildman–Crippen MR) is 55.9 cm³/mol. The molecule has 0 aliphatic carbocycles. The molecule has 3 heteroatoms. The van der Waals surface area contributed by atoms with Gasteiger partial charge in [0.1, 0.15) is 0 Å². The Hall–Kier alpha value is -0.830. The second-order valence-electron chi connectivity index (χ2n) is 3.97. The van der Waals surface area contributed by atoms with E-state index in [4.69, 9.17) is 0 Å². The molecule has 0 radical (unpaired) electrons. The summed E-state index contributed by atoms with van der Waals surface area (Å²) in [6.07, 6.45) is 1.98. The van der Waals surface area contributed by atoms with E-state index in [1.807, 2.05) is 19.9 Å². The van der Waals surface area contributed by atoms with Gasteiger partial charge in [0.2, 0.25) is 0 Å². The highest BCUT2D eigenvalue weighted by molar-refractivity contribution is 5.77. The van der Waals surface area contributed by atoms with Crippen LogP contribution in [0.25, 0.3) is 0 Å². The van der Waals surface area contributed by atoms with Crippen molar-refractivity contribution in [1.29, 1.82) is 0 Å².